The highest BCUT2D eigenvalue weighted by Crippen LogP contribution is 2.70. The number of aryl methyl sites for hydroxylation is 1. The molecule has 42 heavy (non-hydrogen) atoms. The van der Waals surface area contributed by atoms with Crippen LogP contribution < -0.4 is 14.2 Å². The summed E-state index contributed by atoms with van der Waals surface area (Å²) in [7, 11) is -5.37. The second kappa shape index (κ2) is 12.0. The molecule has 0 spiro atoms. The van der Waals surface area contributed by atoms with Crippen LogP contribution in [0, 0.1) is 6.92 Å². The number of benzene rings is 4. The van der Waals surface area contributed by atoms with Gasteiger partial charge in [-0.05, 0) is 121 Å². The smallest absolute Gasteiger partial charge is 0.422 e. The van der Waals surface area contributed by atoms with Gasteiger partial charge in [-0.25, -0.2) is 0 Å². The van der Waals surface area contributed by atoms with Crippen molar-refractivity contribution in [2.75, 3.05) is 7.11 Å². The fourth-order valence-electron chi connectivity index (χ4n) is 4.40. The molecule has 0 amide bonds. The van der Waals surface area contributed by atoms with Crippen molar-refractivity contribution in [2.24, 2.45) is 0 Å². The van der Waals surface area contributed by atoms with Crippen LogP contribution in [0.15, 0.2) is 117 Å². The first-order valence-corrected chi connectivity index (χ1v) is 16.8. The molecule has 0 saturated heterocycles. The summed E-state index contributed by atoms with van der Waals surface area (Å²) in [5.74, 6) is 1.89. The van der Waals surface area contributed by atoms with E-state index in [0.29, 0.717) is 31.9 Å². The zero-order valence-corrected chi connectivity index (χ0v) is 27.2. The lowest BCUT2D eigenvalue weighted by molar-refractivity contribution is 0.130. The Hall–Kier alpha value is -3.46. The zero-order chi connectivity index (χ0) is 30.8. The topological polar surface area (TPSA) is 74.6 Å². The third-order valence-corrected chi connectivity index (χ3v) is 11.5. The summed E-state index contributed by atoms with van der Waals surface area (Å²) in [6.07, 6.45) is 0. The highest BCUT2D eigenvalue weighted by Gasteiger charge is 2.45. The van der Waals surface area contributed by atoms with Crippen molar-refractivity contribution in [2.45, 2.75) is 79.3 Å². The molecule has 0 aliphatic rings. The van der Waals surface area contributed by atoms with Crippen molar-refractivity contribution in [1.82, 2.24) is 0 Å². The van der Waals surface area contributed by atoms with Gasteiger partial charge in [0.25, 0.3) is 0 Å². The van der Waals surface area contributed by atoms with Crippen molar-refractivity contribution in [1.29, 1.82) is 0 Å². The molecule has 8 heteroatoms. The van der Waals surface area contributed by atoms with E-state index in [1.807, 2.05) is 121 Å². The Morgan fingerprint density at radius 3 is 1.45 bits per heavy atom. The largest absolute Gasteiger partial charge is 0.495 e. The lowest BCUT2D eigenvalue weighted by Gasteiger charge is -2.36. The molecule has 4 aromatic carbocycles. The van der Waals surface area contributed by atoms with Crippen molar-refractivity contribution in [3.8, 4) is 17.2 Å². The maximum absolute atomic E-state index is 14.2. The third-order valence-electron chi connectivity index (χ3n) is 6.09. The fourth-order valence-corrected chi connectivity index (χ4v) is 9.97. The number of hydrogen-bond donors (Lipinski definition) is 0. The van der Waals surface area contributed by atoms with Crippen LogP contribution in [-0.2, 0) is 10.1 Å². The normalized spacial score (nSPS) is 13.0. The molecule has 0 aliphatic heterocycles. The molecule has 0 bridgehead atoms. The first kappa shape index (κ1) is 31.5. The SMILES string of the molecule is COc1ccccc1S([OH+]S(=O)(=O)c1ccc(C)cc1)(c1ccc(OC(C)(C)C)cc1)c1ccc(OC(C)(C)C)cc1. The molecular formula is C34H41O6S2+. The van der Waals surface area contributed by atoms with Crippen molar-refractivity contribution >= 4 is 20.4 Å². The predicted molar refractivity (Wildman–Crippen MR) is 170 cm³/mol. The number of methoxy groups -OCH3 is 1. The van der Waals surface area contributed by atoms with Crippen molar-refractivity contribution in [3.05, 3.63) is 103 Å². The van der Waals surface area contributed by atoms with Crippen LogP contribution in [0.5, 0.6) is 17.2 Å². The van der Waals surface area contributed by atoms with Crippen LogP contribution in [0.2, 0.25) is 0 Å². The molecule has 6 nitrogen and oxygen atoms in total. The van der Waals surface area contributed by atoms with Gasteiger partial charge >= 0.3 is 10.1 Å². The summed E-state index contributed by atoms with van der Waals surface area (Å²) < 4.78 is 51.2. The van der Waals surface area contributed by atoms with Crippen LogP contribution in [0.4, 0.5) is 0 Å². The second-order valence-electron chi connectivity index (χ2n) is 12.0. The highest BCUT2D eigenvalue weighted by molar-refractivity contribution is 8.32. The van der Waals surface area contributed by atoms with E-state index in [4.69, 9.17) is 17.8 Å². The van der Waals surface area contributed by atoms with Gasteiger partial charge in [0.1, 0.15) is 38.2 Å². The van der Waals surface area contributed by atoms with E-state index in [1.165, 1.54) is 0 Å². The zero-order valence-electron chi connectivity index (χ0n) is 25.5. The Labute approximate surface area is 252 Å². The van der Waals surface area contributed by atoms with E-state index in [1.54, 1.807) is 31.4 Å². The number of hydrogen-bond acceptors (Lipinski definition) is 5. The van der Waals surface area contributed by atoms with Gasteiger partial charge in [0, 0.05) is 0 Å². The molecule has 0 aliphatic carbocycles. The molecule has 4 rings (SSSR count). The van der Waals surface area contributed by atoms with E-state index in [-0.39, 0.29) is 4.90 Å². The number of ether oxygens (including phenoxy) is 3. The van der Waals surface area contributed by atoms with Crippen molar-refractivity contribution in [3.63, 3.8) is 0 Å². The first-order chi connectivity index (χ1) is 19.6. The van der Waals surface area contributed by atoms with Crippen LogP contribution in [0.1, 0.15) is 47.1 Å². The molecular weight excluding hydrogens is 569 g/mol. The quantitative estimate of drug-likeness (QED) is 0.140. The standard InChI is InChI=1S/C34H40O6S2/c1-25-13-19-30(20-14-25)42(35,36)40-41(32-12-10-9-11-31(32)37-8,28-21-15-26(16-22-28)38-33(2,3)4)29-23-17-27(18-24-29)39-34(5,6)7/h9-24H,1-8H3/p+1. The summed E-state index contributed by atoms with van der Waals surface area (Å²) in [5.41, 5.74) is 0.174. The van der Waals surface area contributed by atoms with Gasteiger partial charge in [-0.2, -0.15) is 0 Å². The maximum Gasteiger partial charge on any atom is 0.422 e. The summed E-state index contributed by atoms with van der Waals surface area (Å²) in [6.45, 7) is 13.8. The van der Waals surface area contributed by atoms with E-state index < -0.39 is 31.6 Å². The average molecular weight is 610 g/mol. The molecule has 0 radical (unpaired) electrons. The van der Waals surface area contributed by atoms with Gasteiger partial charge < -0.3 is 14.2 Å². The predicted octanol–water partition coefficient (Wildman–Crippen LogP) is 9.04. The van der Waals surface area contributed by atoms with Gasteiger partial charge in [-0.1, -0.05) is 29.8 Å². The molecule has 0 unspecified atom stereocenters. The Balaban J connectivity index is 2.01. The Bertz CT molecular complexity index is 1540. The monoisotopic (exact) mass is 609 g/mol. The molecule has 0 heterocycles. The van der Waals surface area contributed by atoms with E-state index in [2.05, 4.69) is 0 Å². The summed E-state index contributed by atoms with van der Waals surface area (Å²) in [4.78, 5) is 2.22. The minimum absolute atomic E-state index is 0.125. The number of para-hydroxylation sites is 1. The molecule has 0 fully saturated rings. The van der Waals surface area contributed by atoms with Crippen LogP contribution >= 0.6 is 10.3 Å². The molecule has 0 aromatic heterocycles. The van der Waals surface area contributed by atoms with Gasteiger partial charge in [0.15, 0.2) is 0 Å². The lowest BCUT2D eigenvalue weighted by atomic mass is 10.2. The summed E-state index contributed by atoms with van der Waals surface area (Å²) in [5, 5.41) is 0. The molecule has 224 valence electrons. The van der Waals surface area contributed by atoms with Crippen LogP contribution in [0.3, 0.4) is 0 Å². The highest BCUT2D eigenvalue weighted by atomic mass is 32.3. The maximum atomic E-state index is 14.2. The second-order valence-corrected chi connectivity index (χ2v) is 16.5. The van der Waals surface area contributed by atoms with Gasteiger partial charge in [0.05, 0.1) is 27.2 Å². The lowest BCUT2D eigenvalue weighted by Crippen LogP contribution is -2.23. The summed E-state index contributed by atoms with van der Waals surface area (Å²) >= 11 is 0. The molecule has 1 N–H and O–H groups in total. The molecule has 0 saturated carbocycles. The molecule has 0 atom stereocenters. The van der Waals surface area contributed by atoms with Crippen LogP contribution in [0.25, 0.3) is 0 Å². The Morgan fingerprint density at radius 1 is 0.595 bits per heavy atom. The van der Waals surface area contributed by atoms with E-state index in [9.17, 15) is 8.42 Å². The van der Waals surface area contributed by atoms with Gasteiger partial charge in [-0.15, -0.1) is 8.42 Å². The van der Waals surface area contributed by atoms with E-state index in [0.717, 1.165) is 5.56 Å². The van der Waals surface area contributed by atoms with Gasteiger partial charge in [-0.3, -0.25) is 3.63 Å². The first-order valence-electron chi connectivity index (χ1n) is 13.7. The average Bonchev–Trinajstić information content (AvgIpc) is 2.91. The fraction of sp³-hybridized carbons (Fsp3) is 0.294. The number of rotatable bonds is 9. The van der Waals surface area contributed by atoms with Gasteiger partial charge in [0.2, 0.25) is 0 Å². The summed E-state index contributed by atoms with van der Waals surface area (Å²) in [6, 6.07) is 29.3. The third kappa shape index (κ3) is 7.30. The minimum Gasteiger partial charge on any atom is -0.495 e. The minimum atomic E-state index is -4.14. The van der Waals surface area contributed by atoms with Crippen LogP contribution in [-0.4, -0.2) is 30.4 Å². The molecule has 4 aromatic rings. The van der Waals surface area contributed by atoms with Crippen molar-refractivity contribution < 1.29 is 26.3 Å². The van der Waals surface area contributed by atoms with E-state index >= 15 is 0 Å². The Kier molecular flexibility index (Phi) is 9.02. The Morgan fingerprint density at radius 2 is 1.02 bits per heavy atom.